The van der Waals surface area contributed by atoms with Crippen molar-refractivity contribution in [2.45, 2.75) is 6.61 Å². The van der Waals surface area contributed by atoms with Crippen LogP contribution in [0.4, 0.5) is 0 Å². The Morgan fingerprint density at radius 3 is 2.90 bits per heavy atom. The zero-order chi connectivity index (χ0) is 20.9. The van der Waals surface area contributed by atoms with E-state index in [2.05, 4.69) is 36.3 Å². The topological polar surface area (TPSA) is 121 Å². The van der Waals surface area contributed by atoms with E-state index in [1.165, 1.54) is 0 Å². The lowest BCUT2D eigenvalue weighted by molar-refractivity contribution is 0.276. The Morgan fingerprint density at radius 2 is 2.06 bits per heavy atom. The first-order valence-corrected chi connectivity index (χ1v) is 10.5. The van der Waals surface area contributed by atoms with E-state index in [0.29, 0.717) is 34.1 Å². The molecule has 3 N–H and O–H groups in total. The van der Waals surface area contributed by atoms with E-state index >= 15 is 0 Å². The molecule has 0 aromatic carbocycles. The maximum atomic E-state index is 9.64. The van der Waals surface area contributed by atoms with Crippen LogP contribution in [0.25, 0.3) is 55.4 Å². The number of hydrogen-bond acceptors (Lipinski definition) is 7. The predicted molar refractivity (Wildman–Crippen MR) is 118 cm³/mol. The van der Waals surface area contributed by atoms with Crippen molar-refractivity contribution in [1.29, 1.82) is 0 Å². The van der Waals surface area contributed by atoms with Gasteiger partial charge in [-0.3, -0.25) is 9.78 Å². The first-order valence-electron chi connectivity index (χ1n) is 9.59. The molecule has 6 aromatic rings. The zero-order valence-electron chi connectivity index (χ0n) is 16.4. The summed E-state index contributed by atoms with van der Waals surface area (Å²) in [6.07, 6.45) is 3.61. The molecule has 0 amide bonds. The van der Waals surface area contributed by atoms with Gasteiger partial charge in [-0.1, -0.05) is 6.07 Å². The number of imidazole rings is 1. The second kappa shape index (κ2) is 6.83. The molecule has 0 aliphatic rings. The summed E-state index contributed by atoms with van der Waals surface area (Å²) in [6, 6.07) is 9.88. The fraction of sp³-hybridized carbons (Fsp3) is 0.0952. The van der Waals surface area contributed by atoms with Gasteiger partial charge in [0.25, 0.3) is 0 Å². The minimum absolute atomic E-state index is 0.158. The summed E-state index contributed by atoms with van der Waals surface area (Å²) >= 11 is 1.67. The number of aromatic nitrogens is 8. The number of nitrogens with zero attached hydrogens (tertiary/aromatic N) is 6. The Morgan fingerprint density at radius 1 is 1.13 bits per heavy atom. The molecule has 6 heterocycles. The fourth-order valence-corrected chi connectivity index (χ4v) is 4.50. The number of rotatable bonds is 4. The number of aromatic amines is 2. The number of hydrogen-bond donors (Lipinski definition) is 3. The SMILES string of the molecule is Cn1cc(-c2ccc3[nH]nc(-c4nc5nccc(-c6cccs6)c5[nH]4)c3n2)c(CO)n1. The van der Waals surface area contributed by atoms with Crippen LogP contribution in [0.1, 0.15) is 5.69 Å². The van der Waals surface area contributed by atoms with Crippen molar-refractivity contribution >= 4 is 33.5 Å². The standard InChI is InChI=1S/C21H16N8OS/c1-29-9-12(15(10-30)28-29)13-4-5-14-18(23-13)19(27-26-14)21-24-17-11(16-3-2-8-31-16)6-7-22-20(17)25-21/h2-9,30H,10H2,1H3,(H,26,27)(H,22,24,25). The van der Waals surface area contributed by atoms with Crippen molar-refractivity contribution in [3.8, 4) is 33.2 Å². The van der Waals surface area contributed by atoms with Gasteiger partial charge < -0.3 is 10.1 Å². The minimum atomic E-state index is -0.158. The van der Waals surface area contributed by atoms with Crippen LogP contribution in [0.3, 0.4) is 0 Å². The Kier molecular flexibility index (Phi) is 3.95. The molecule has 6 rings (SSSR count). The molecule has 0 radical (unpaired) electrons. The molecule has 0 fully saturated rings. The van der Waals surface area contributed by atoms with E-state index in [1.807, 2.05) is 42.9 Å². The van der Waals surface area contributed by atoms with Crippen LogP contribution in [-0.4, -0.2) is 45.0 Å². The molecule has 31 heavy (non-hydrogen) atoms. The van der Waals surface area contributed by atoms with E-state index in [-0.39, 0.29) is 6.61 Å². The highest BCUT2D eigenvalue weighted by Gasteiger charge is 2.18. The van der Waals surface area contributed by atoms with Crippen molar-refractivity contribution in [3.05, 3.63) is 53.8 Å². The molecule has 9 nitrogen and oxygen atoms in total. The number of H-pyrrole nitrogens is 2. The highest BCUT2D eigenvalue weighted by atomic mass is 32.1. The second-order valence-electron chi connectivity index (χ2n) is 7.11. The molecule has 10 heteroatoms. The lowest BCUT2D eigenvalue weighted by Crippen LogP contribution is -1.91. The van der Waals surface area contributed by atoms with Crippen LogP contribution in [0.5, 0.6) is 0 Å². The lowest BCUT2D eigenvalue weighted by Gasteiger charge is -2.00. The number of aliphatic hydroxyl groups is 1. The molecule has 0 aliphatic carbocycles. The smallest absolute Gasteiger partial charge is 0.178 e. The summed E-state index contributed by atoms with van der Waals surface area (Å²) in [7, 11) is 1.82. The van der Waals surface area contributed by atoms with E-state index in [4.69, 9.17) is 4.98 Å². The Hall–Kier alpha value is -3.89. The first kappa shape index (κ1) is 17.9. The molecular weight excluding hydrogens is 412 g/mol. The largest absolute Gasteiger partial charge is 0.390 e. The van der Waals surface area contributed by atoms with Gasteiger partial charge in [-0.15, -0.1) is 11.3 Å². The highest BCUT2D eigenvalue weighted by molar-refractivity contribution is 7.13. The van der Waals surface area contributed by atoms with Crippen LogP contribution < -0.4 is 0 Å². The molecule has 0 spiro atoms. The van der Waals surface area contributed by atoms with Gasteiger partial charge in [0.1, 0.15) is 5.52 Å². The molecule has 0 bridgehead atoms. The second-order valence-corrected chi connectivity index (χ2v) is 8.05. The minimum Gasteiger partial charge on any atom is -0.390 e. The van der Waals surface area contributed by atoms with Crippen molar-refractivity contribution in [1.82, 2.24) is 39.9 Å². The number of fused-ring (bicyclic) bond motifs is 2. The quantitative estimate of drug-likeness (QED) is 0.395. The Bertz CT molecular complexity index is 1540. The average Bonchev–Trinajstić information content (AvgIpc) is 3.57. The Labute approximate surface area is 179 Å². The van der Waals surface area contributed by atoms with Crippen molar-refractivity contribution in [3.63, 3.8) is 0 Å². The highest BCUT2D eigenvalue weighted by Crippen LogP contribution is 2.33. The molecule has 0 saturated heterocycles. The van der Waals surface area contributed by atoms with Gasteiger partial charge in [-0.25, -0.2) is 15.0 Å². The first-order chi connectivity index (χ1) is 15.2. The Balaban J connectivity index is 1.52. The summed E-state index contributed by atoms with van der Waals surface area (Å²) in [5.41, 5.74) is 6.70. The average molecular weight is 428 g/mol. The maximum absolute atomic E-state index is 9.64. The molecular formula is C21H16N8OS. The van der Waals surface area contributed by atoms with E-state index in [9.17, 15) is 5.11 Å². The van der Waals surface area contributed by atoms with Gasteiger partial charge in [0.05, 0.1) is 29.0 Å². The summed E-state index contributed by atoms with van der Waals surface area (Å²) < 4.78 is 1.67. The van der Waals surface area contributed by atoms with Crippen molar-refractivity contribution < 1.29 is 5.11 Å². The monoisotopic (exact) mass is 428 g/mol. The third-order valence-electron chi connectivity index (χ3n) is 5.14. The summed E-state index contributed by atoms with van der Waals surface area (Å²) in [5.74, 6) is 0.593. The molecule has 152 valence electrons. The van der Waals surface area contributed by atoms with Crippen molar-refractivity contribution in [2.75, 3.05) is 0 Å². The number of aliphatic hydroxyl groups excluding tert-OH is 1. The van der Waals surface area contributed by atoms with Gasteiger partial charge >= 0.3 is 0 Å². The molecule has 6 aromatic heterocycles. The third kappa shape index (κ3) is 2.84. The van der Waals surface area contributed by atoms with Gasteiger partial charge in [0.2, 0.25) is 0 Å². The van der Waals surface area contributed by atoms with Crippen molar-refractivity contribution in [2.24, 2.45) is 7.05 Å². The normalized spacial score (nSPS) is 11.7. The van der Waals surface area contributed by atoms with Crippen LogP contribution in [0, 0.1) is 0 Å². The number of thiophene rings is 1. The zero-order valence-corrected chi connectivity index (χ0v) is 17.2. The number of pyridine rings is 2. The summed E-state index contributed by atoms with van der Waals surface area (Å²) in [5, 5.41) is 23.5. The summed E-state index contributed by atoms with van der Waals surface area (Å²) in [6.45, 7) is -0.158. The van der Waals surface area contributed by atoms with E-state index < -0.39 is 0 Å². The lowest BCUT2D eigenvalue weighted by atomic mass is 10.1. The fourth-order valence-electron chi connectivity index (χ4n) is 3.74. The van der Waals surface area contributed by atoms with E-state index in [1.54, 1.807) is 22.2 Å². The van der Waals surface area contributed by atoms with Gasteiger partial charge in [-0.2, -0.15) is 10.2 Å². The number of aryl methyl sites for hydroxylation is 1. The van der Waals surface area contributed by atoms with Gasteiger partial charge in [-0.05, 0) is 29.6 Å². The maximum Gasteiger partial charge on any atom is 0.178 e. The third-order valence-corrected chi connectivity index (χ3v) is 6.04. The number of nitrogens with one attached hydrogen (secondary N) is 2. The van der Waals surface area contributed by atoms with Crippen LogP contribution >= 0.6 is 11.3 Å². The van der Waals surface area contributed by atoms with Crippen LogP contribution in [-0.2, 0) is 13.7 Å². The van der Waals surface area contributed by atoms with E-state index in [0.717, 1.165) is 27.0 Å². The van der Waals surface area contributed by atoms with Gasteiger partial charge in [0.15, 0.2) is 17.2 Å². The molecule has 0 aliphatic heterocycles. The summed E-state index contributed by atoms with van der Waals surface area (Å²) in [4.78, 5) is 18.4. The van der Waals surface area contributed by atoms with Crippen LogP contribution in [0.15, 0.2) is 48.1 Å². The molecule has 0 saturated carbocycles. The van der Waals surface area contributed by atoms with Crippen LogP contribution in [0.2, 0.25) is 0 Å². The molecule has 0 unspecified atom stereocenters. The molecule has 0 atom stereocenters. The van der Waals surface area contributed by atoms with Gasteiger partial charge in [0, 0.05) is 35.4 Å². The predicted octanol–water partition coefficient (Wildman–Crippen LogP) is 3.52.